The van der Waals surface area contributed by atoms with E-state index in [0.29, 0.717) is 13.1 Å². The van der Waals surface area contributed by atoms with Gasteiger partial charge >= 0.3 is 6.03 Å². The standard InChI is InChI=1S/C22H28BrN5O2/c23-19-6-7-21(24-16-19)27-8-10-28(11-9-27)22(29)25-20(18-4-2-1-3-5-18)17-26-12-14-30-15-13-26/h1-7,16,20H,8-15,17H2,(H,25,29). The van der Waals surface area contributed by atoms with Gasteiger partial charge in [-0.3, -0.25) is 4.90 Å². The summed E-state index contributed by atoms with van der Waals surface area (Å²) in [7, 11) is 0. The van der Waals surface area contributed by atoms with Crippen LogP contribution in [0.3, 0.4) is 0 Å². The summed E-state index contributed by atoms with van der Waals surface area (Å²) in [6, 6.07) is 14.2. The molecule has 8 heteroatoms. The fourth-order valence-corrected chi connectivity index (χ4v) is 4.13. The Labute approximate surface area is 186 Å². The molecular weight excluding hydrogens is 446 g/mol. The van der Waals surface area contributed by atoms with Crippen LogP contribution in [0.2, 0.25) is 0 Å². The van der Waals surface area contributed by atoms with E-state index in [1.54, 1.807) is 0 Å². The predicted molar refractivity (Wildman–Crippen MR) is 121 cm³/mol. The van der Waals surface area contributed by atoms with Crippen LogP contribution in [0.25, 0.3) is 0 Å². The number of rotatable bonds is 5. The first-order chi connectivity index (χ1) is 14.7. The SMILES string of the molecule is O=C(NC(CN1CCOCC1)c1ccccc1)N1CCN(c2ccc(Br)cn2)CC1. The third-order valence-electron chi connectivity index (χ3n) is 5.65. The summed E-state index contributed by atoms with van der Waals surface area (Å²) in [5, 5.41) is 3.28. The van der Waals surface area contributed by atoms with Crippen molar-refractivity contribution in [2.24, 2.45) is 0 Å². The lowest BCUT2D eigenvalue weighted by Crippen LogP contribution is -2.53. The van der Waals surface area contributed by atoms with Crippen LogP contribution in [-0.2, 0) is 4.74 Å². The van der Waals surface area contributed by atoms with Gasteiger partial charge in [0.2, 0.25) is 0 Å². The molecule has 4 rings (SSSR count). The number of morpholine rings is 1. The number of halogens is 1. The number of pyridine rings is 1. The second kappa shape index (κ2) is 10.2. The van der Waals surface area contributed by atoms with Gasteiger partial charge in [-0.25, -0.2) is 9.78 Å². The molecule has 1 aromatic heterocycles. The Kier molecular flexibility index (Phi) is 7.20. The number of benzene rings is 1. The smallest absolute Gasteiger partial charge is 0.318 e. The summed E-state index contributed by atoms with van der Waals surface area (Å²) >= 11 is 3.42. The quantitative estimate of drug-likeness (QED) is 0.723. The van der Waals surface area contributed by atoms with Crippen LogP contribution in [0.1, 0.15) is 11.6 Å². The van der Waals surface area contributed by atoms with E-state index in [0.717, 1.165) is 61.8 Å². The Morgan fingerprint density at radius 2 is 1.77 bits per heavy atom. The van der Waals surface area contributed by atoms with E-state index in [4.69, 9.17) is 4.74 Å². The van der Waals surface area contributed by atoms with Crippen molar-refractivity contribution in [3.63, 3.8) is 0 Å². The van der Waals surface area contributed by atoms with Gasteiger partial charge in [0.1, 0.15) is 5.82 Å². The summed E-state index contributed by atoms with van der Waals surface area (Å²) in [6.45, 7) is 7.02. The van der Waals surface area contributed by atoms with Crippen LogP contribution in [0.15, 0.2) is 53.1 Å². The lowest BCUT2D eigenvalue weighted by Gasteiger charge is -2.37. The zero-order valence-electron chi connectivity index (χ0n) is 17.0. The van der Waals surface area contributed by atoms with Gasteiger partial charge in [0.25, 0.3) is 0 Å². The maximum atomic E-state index is 13.0. The number of ether oxygens (including phenoxy) is 1. The van der Waals surface area contributed by atoms with E-state index < -0.39 is 0 Å². The molecule has 0 bridgehead atoms. The molecule has 160 valence electrons. The number of anilines is 1. The van der Waals surface area contributed by atoms with Gasteiger partial charge in [0.05, 0.1) is 19.3 Å². The number of nitrogens with zero attached hydrogens (tertiary/aromatic N) is 4. The number of hydrogen-bond acceptors (Lipinski definition) is 5. The Bertz CT molecular complexity index is 806. The lowest BCUT2D eigenvalue weighted by atomic mass is 10.1. The van der Waals surface area contributed by atoms with Crippen molar-refractivity contribution in [1.29, 1.82) is 0 Å². The number of nitrogens with one attached hydrogen (secondary N) is 1. The molecule has 0 spiro atoms. The normalized spacial score (nSPS) is 18.8. The zero-order chi connectivity index (χ0) is 20.8. The first-order valence-electron chi connectivity index (χ1n) is 10.5. The van der Waals surface area contributed by atoms with Crippen molar-refractivity contribution in [2.45, 2.75) is 6.04 Å². The van der Waals surface area contributed by atoms with E-state index in [1.807, 2.05) is 41.4 Å². The second-order valence-corrected chi connectivity index (χ2v) is 8.55. The molecular formula is C22H28BrN5O2. The highest BCUT2D eigenvalue weighted by Gasteiger charge is 2.25. The van der Waals surface area contributed by atoms with E-state index in [-0.39, 0.29) is 12.1 Å². The van der Waals surface area contributed by atoms with Gasteiger partial charge < -0.3 is 19.9 Å². The minimum Gasteiger partial charge on any atom is -0.379 e. The molecule has 1 atom stereocenters. The Morgan fingerprint density at radius 1 is 1.03 bits per heavy atom. The van der Waals surface area contributed by atoms with E-state index >= 15 is 0 Å². The summed E-state index contributed by atoms with van der Waals surface area (Å²) < 4.78 is 6.44. The number of carbonyl (C=O) groups excluding carboxylic acids is 1. The summed E-state index contributed by atoms with van der Waals surface area (Å²) in [5.41, 5.74) is 1.13. The molecule has 0 aliphatic carbocycles. The van der Waals surface area contributed by atoms with Gasteiger partial charge in [0, 0.05) is 56.5 Å². The highest BCUT2D eigenvalue weighted by molar-refractivity contribution is 9.10. The first kappa shape index (κ1) is 21.1. The summed E-state index contributed by atoms with van der Waals surface area (Å²) in [4.78, 5) is 24.0. The van der Waals surface area contributed by atoms with Crippen LogP contribution in [-0.4, -0.2) is 79.8 Å². The average molecular weight is 474 g/mol. The molecule has 2 aliphatic heterocycles. The first-order valence-corrected chi connectivity index (χ1v) is 11.3. The van der Waals surface area contributed by atoms with E-state index in [2.05, 4.69) is 48.2 Å². The Morgan fingerprint density at radius 3 is 2.43 bits per heavy atom. The number of carbonyl (C=O) groups is 1. The molecule has 30 heavy (non-hydrogen) atoms. The predicted octanol–water partition coefficient (Wildman–Crippen LogP) is 2.75. The monoisotopic (exact) mass is 473 g/mol. The van der Waals surface area contributed by atoms with E-state index in [1.165, 1.54) is 0 Å². The average Bonchev–Trinajstić information content (AvgIpc) is 2.80. The third kappa shape index (κ3) is 5.50. The number of aromatic nitrogens is 1. The van der Waals surface area contributed by atoms with Crippen molar-refractivity contribution < 1.29 is 9.53 Å². The Hall–Kier alpha value is -2.16. The highest BCUT2D eigenvalue weighted by Crippen LogP contribution is 2.18. The lowest BCUT2D eigenvalue weighted by molar-refractivity contribution is 0.0336. The zero-order valence-corrected chi connectivity index (χ0v) is 18.6. The molecule has 2 fully saturated rings. The molecule has 1 aromatic carbocycles. The summed E-state index contributed by atoms with van der Waals surface area (Å²) in [6.07, 6.45) is 1.81. The van der Waals surface area contributed by atoms with Crippen LogP contribution in [0.5, 0.6) is 0 Å². The van der Waals surface area contributed by atoms with Crippen LogP contribution < -0.4 is 10.2 Å². The molecule has 1 N–H and O–H groups in total. The van der Waals surface area contributed by atoms with Gasteiger partial charge in [-0.05, 0) is 33.6 Å². The molecule has 7 nitrogen and oxygen atoms in total. The Balaban J connectivity index is 1.36. The molecule has 2 amide bonds. The molecule has 0 saturated carbocycles. The fourth-order valence-electron chi connectivity index (χ4n) is 3.90. The van der Waals surface area contributed by atoms with Gasteiger partial charge in [-0.15, -0.1) is 0 Å². The number of urea groups is 1. The third-order valence-corrected chi connectivity index (χ3v) is 6.12. The maximum Gasteiger partial charge on any atom is 0.318 e. The van der Waals surface area contributed by atoms with Gasteiger partial charge in [0.15, 0.2) is 0 Å². The number of piperazine rings is 1. The van der Waals surface area contributed by atoms with Crippen LogP contribution in [0.4, 0.5) is 10.6 Å². The van der Waals surface area contributed by atoms with Crippen molar-refractivity contribution in [3.05, 3.63) is 58.7 Å². The van der Waals surface area contributed by atoms with E-state index in [9.17, 15) is 4.79 Å². The number of hydrogen-bond donors (Lipinski definition) is 1. The van der Waals surface area contributed by atoms with Crippen molar-refractivity contribution in [3.8, 4) is 0 Å². The molecule has 3 heterocycles. The minimum atomic E-state index is -0.0389. The maximum absolute atomic E-state index is 13.0. The van der Waals surface area contributed by atoms with Crippen LogP contribution >= 0.6 is 15.9 Å². The minimum absolute atomic E-state index is 0.000489. The largest absolute Gasteiger partial charge is 0.379 e. The van der Waals surface area contributed by atoms with Crippen LogP contribution in [0, 0.1) is 0 Å². The van der Waals surface area contributed by atoms with Crippen molar-refractivity contribution in [1.82, 2.24) is 20.1 Å². The molecule has 2 aliphatic rings. The van der Waals surface area contributed by atoms with Gasteiger partial charge in [-0.1, -0.05) is 30.3 Å². The second-order valence-electron chi connectivity index (χ2n) is 7.63. The summed E-state index contributed by atoms with van der Waals surface area (Å²) in [5.74, 6) is 0.952. The topological polar surface area (TPSA) is 60.9 Å². The van der Waals surface area contributed by atoms with Gasteiger partial charge in [-0.2, -0.15) is 0 Å². The van der Waals surface area contributed by atoms with Crippen molar-refractivity contribution >= 4 is 27.8 Å². The highest BCUT2D eigenvalue weighted by atomic mass is 79.9. The molecule has 0 radical (unpaired) electrons. The number of amides is 2. The fraction of sp³-hybridized carbons (Fsp3) is 0.455. The molecule has 2 saturated heterocycles. The van der Waals surface area contributed by atoms with Crippen molar-refractivity contribution in [2.75, 3.05) is 63.9 Å². The molecule has 2 aromatic rings. The molecule has 1 unspecified atom stereocenters.